The minimum atomic E-state index is -0.494. The largest absolute Gasteiger partial charge is 0.341 e. The van der Waals surface area contributed by atoms with Crippen LogP contribution >= 0.6 is 0 Å². The average molecular weight is 1430 g/mol. The number of anilines is 12. The Morgan fingerprint density at radius 1 is 0.245 bits per heavy atom. The van der Waals surface area contributed by atoms with E-state index in [1.54, 1.807) is 20.9 Å². The van der Waals surface area contributed by atoms with Crippen molar-refractivity contribution in [1.29, 1.82) is 26.3 Å². The highest BCUT2D eigenvalue weighted by molar-refractivity contribution is 5.57. The zero-order valence-electron chi connectivity index (χ0n) is 59.7. The van der Waals surface area contributed by atoms with Crippen LogP contribution in [-0.4, -0.2) is 244 Å². The van der Waals surface area contributed by atoms with E-state index in [2.05, 4.69) is 78.3 Å². The summed E-state index contributed by atoms with van der Waals surface area (Å²) in [6.45, 7) is 22.1. The summed E-state index contributed by atoms with van der Waals surface area (Å²) in [5, 5.41) is 43.8. The van der Waals surface area contributed by atoms with Gasteiger partial charge in [-0.1, -0.05) is 26.7 Å². The molecule has 0 aliphatic carbocycles. The molecule has 0 aromatic carbocycles. The van der Waals surface area contributed by atoms with Gasteiger partial charge in [0.25, 0.3) is 17.8 Å². The van der Waals surface area contributed by atoms with Crippen LogP contribution in [0.1, 0.15) is 72.1 Å². The van der Waals surface area contributed by atoms with Crippen molar-refractivity contribution in [1.82, 2.24) is 59.8 Å². The van der Waals surface area contributed by atoms with Gasteiger partial charge in [-0.05, 0) is 84.6 Å². The van der Waals surface area contributed by atoms with Gasteiger partial charge in [0.05, 0.1) is 33.3 Å². The zero-order valence-corrected chi connectivity index (χ0v) is 59.7. The minimum absolute atomic E-state index is 0.180. The lowest BCUT2D eigenvalue weighted by Crippen LogP contribution is -2.40. The highest BCUT2D eigenvalue weighted by Gasteiger charge is 2.25. The van der Waals surface area contributed by atoms with E-state index < -0.39 is 17.8 Å². The van der Waals surface area contributed by atoms with E-state index in [9.17, 15) is 0 Å². The van der Waals surface area contributed by atoms with Crippen molar-refractivity contribution in [3.8, 4) is 43.4 Å². The van der Waals surface area contributed by atoms with Crippen LogP contribution in [0.5, 0.6) is 0 Å². The first-order valence-corrected chi connectivity index (χ1v) is 33.7. The fourth-order valence-corrected chi connectivity index (χ4v) is 8.81. The van der Waals surface area contributed by atoms with Gasteiger partial charge in [0.1, 0.15) is 0 Å². The van der Waals surface area contributed by atoms with E-state index in [1.807, 2.05) is 22.8 Å². The molecule has 0 radical (unpaired) electrons. The summed E-state index contributed by atoms with van der Waals surface area (Å²) in [4.78, 5) is 71.6. The predicted molar refractivity (Wildman–Crippen MR) is 399 cm³/mol. The van der Waals surface area contributed by atoms with E-state index in [1.165, 1.54) is 24.8 Å². The Hall–Kier alpha value is -9.95. The molecule has 102 heavy (non-hydrogen) atoms. The Labute approximate surface area is 599 Å². The first-order chi connectivity index (χ1) is 49.6. The van der Waals surface area contributed by atoms with Crippen molar-refractivity contribution in [2.75, 3.05) is 243 Å². The van der Waals surface area contributed by atoms with Gasteiger partial charge in [-0.3, -0.25) is 0 Å². The second-order valence-corrected chi connectivity index (χ2v) is 21.4. The van der Waals surface area contributed by atoms with Crippen molar-refractivity contribution in [3.05, 3.63) is 0 Å². The highest BCUT2D eigenvalue weighted by atomic mass is 15.4. The monoisotopic (exact) mass is 1430 g/mol. The van der Waals surface area contributed by atoms with Crippen LogP contribution in [0.2, 0.25) is 0 Å². The molecular weight excluding hydrogens is 1310 g/mol. The molecule has 0 aliphatic heterocycles. The Morgan fingerprint density at radius 2 is 0.451 bits per heavy atom. The second kappa shape index (κ2) is 54.8. The van der Waals surface area contributed by atoms with Crippen molar-refractivity contribution < 1.29 is 0 Å². The quantitative estimate of drug-likeness (QED) is 0.00846. The third-order valence-electron chi connectivity index (χ3n) is 14.1. The summed E-state index contributed by atoms with van der Waals surface area (Å²) < 4.78 is 0. The summed E-state index contributed by atoms with van der Waals surface area (Å²) in [5.74, 6) is 3.51. The second-order valence-electron chi connectivity index (χ2n) is 21.4. The summed E-state index contributed by atoms with van der Waals surface area (Å²) in [6, 6.07) is 1.92. The van der Waals surface area contributed by atoms with Gasteiger partial charge in [-0.15, -0.1) is 9.80 Å². The number of rotatable bonds is 48. The maximum absolute atomic E-state index is 8.81. The molecule has 4 aromatic rings. The molecule has 0 bridgehead atoms. The lowest BCUT2D eigenvalue weighted by atomic mass is 10.3. The van der Waals surface area contributed by atoms with Crippen LogP contribution in [0.25, 0.3) is 0 Å². The maximum Gasteiger partial charge on any atom is 0.259 e. The molecule has 0 atom stereocenters. The molecule has 4 aromatic heterocycles. The third kappa shape index (κ3) is 30.9. The number of unbranched alkanes of at least 4 members (excludes halogenated alkanes) is 1. The van der Waals surface area contributed by atoms with Crippen LogP contribution in [0.3, 0.4) is 0 Å². The Bertz CT molecular complexity index is 2690. The number of nitrogens with two attached hydrogens (primary N) is 15. The highest BCUT2D eigenvalue weighted by Crippen LogP contribution is 2.24. The molecule has 4 heterocycles. The SMILES string of the molecule is C#CN(C#N)c1nc(N(C#N)C#N)nc(N(C#N)C#N)n1.CCCCN(CCCN)c1nc(N(CCCN)CCCN)nc(N(CCCN)CCCN)n1.CCCN(CCN)c1nc(N(CCN)CCN)nc(N(CCN)CCN)n1.CCN(CN)c1nc(N(CN)CN)nc(N(CN)CN)n1. The van der Waals surface area contributed by atoms with Gasteiger partial charge in [0.15, 0.2) is 6.19 Å². The van der Waals surface area contributed by atoms with E-state index in [-0.39, 0.29) is 33.3 Å². The van der Waals surface area contributed by atoms with Gasteiger partial charge in [-0.2, -0.15) is 91.0 Å². The lowest BCUT2D eigenvalue weighted by Gasteiger charge is -2.29. The number of terminal acetylenes is 1. The first-order valence-electron chi connectivity index (χ1n) is 33.7. The average Bonchev–Trinajstić information content (AvgIpc) is 0.842. The zero-order chi connectivity index (χ0) is 76.0. The number of aromatic nitrogens is 12. The fraction of sp³-hybridized carbons (Fsp3) is 0.672. The molecule has 30 N–H and O–H groups in total. The summed E-state index contributed by atoms with van der Waals surface area (Å²) in [6.07, 6.45) is 19.9. The summed E-state index contributed by atoms with van der Waals surface area (Å²) in [7, 11) is 0. The van der Waals surface area contributed by atoms with Gasteiger partial charge >= 0.3 is 0 Å². The van der Waals surface area contributed by atoms with E-state index in [4.69, 9.17) is 134 Å². The van der Waals surface area contributed by atoms with Gasteiger partial charge < -0.3 is 130 Å². The van der Waals surface area contributed by atoms with Crippen LogP contribution in [-0.2, 0) is 0 Å². The predicted octanol–water partition coefficient (Wildman–Crippen LogP) is -6.49. The van der Waals surface area contributed by atoms with Crippen LogP contribution in [0.15, 0.2) is 0 Å². The van der Waals surface area contributed by atoms with Crippen molar-refractivity contribution in [3.63, 3.8) is 0 Å². The smallest absolute Gasteiger partial charge is 0.259 e. The lowest BCUT2D eigenvalue weighted by molar-refractivity contribution is 0.645. The van der Waals surface area contributed by atoms with Crippen LogP contribution < -0.4 is 145 Å². The fourth-order valence-electron chi connectivity index (χ4n) is 8.81. The third-order valence-corrected chi connectivity index (χ3v) is 14.1. The summed E-state index contributed by atoms with van der Waals surface area (Å²) in [5.41, 5.74) is 86.1. The molecule has 564 valence electrons. The van der Waals surface area contributed by atoms with Gasteiger partial charge in [0, 0.05) is 124 Å². The van der Waals surface area contributed by atoms with E-state index >= 15 is 0 Å². The van der Waals surface area contributed by atoms with Crippen molar-refractivity contribution in [2.45, 2.75) is 72.1 Å². The van der Waals surface area contributed by atoms with Crippen LogP contribution in [0, 0.1) is 69.7 Å². The van der Waals surface area contributed by atoms with Gasteiger partial charge in [0.2, 0.25) is 78.3 Å². The molecule has 0 unspecified atom stereocenters. The molecular formula is C58H112N44. The van der Waals surface area contributed by atoms with E-state index in [0.717, 1.165) is 97.2 Å². The molecule has 0 fully saturated rings. The number of nitrogens with zero attached hydrogens (tertiary/aromatic N) is 29. The molecule has 0 spiro atoms. The van der Waals surface area contributed by atoms with Crippen LogP contribution in [0.4, 0.5) is 71.4 Å². The number of hydrogen-bond acceptors (Lipinski definition) is 44. The molecule has 0 saturated heterocycles. The van der Waals surface area contributed by atoms with E-state index in [0.29, 0.717) is 173 Å². The molecule has 4 rings (SSSR count). The van der Waals surface area contributed by atoms with Crippen molar-refractivity contribution in [2.24, 2.45) is 86.0 Å². The minimum Gasteiger partial charge on any atom is -0.341 e. The Kier molecular flexibility index (Phi) is 48.4. The molecule has 44 heteroatoms. The number of nitriles is 5. The molecule has 0 aliphatic rings. The number of hydrogen-bond donors (Lipinski definition) is 15. The van der Waals surface area contributed by atoms with Gasteiger partial charge in [-0.25, -0.2) is 0 Å². The topological polar surface area (TPSA) is 703 Å². The standard InChI is InChI=1S/C22H49N11.C16H37N11.C10H25N11.C10HN11/c1-2-3-14-31(15-4-9-23)20-28-21(32(16-5-10-24)17-6-11-25)30-22(29-20)33(18-7-12-26)19-8-13-27;1-2-8-25(9-3-17)14-22-15(26(10-4-18)11-5-19)24-16(23-14)27(12-6-20)13-7-21;2*1-2-19(3-11)8-16-9(20(4-12)5-13)18-10(17-8)21(6-14)7-15/h2-19,23-27H2,1H3;2-13,17-21H2,1H3;2-7,11-15H2,1H3;1H. The Morgan fingerprint density at radius 3 is 0.647 bits per heavy atom. The molecule has 0 amide bonds. The Balaban J connectivity index is 0.000000692. The first kappa shape index (κ1) is 90.1. The molecule has 0 saturated carbocycles. The molecule has 44 nitrogen and oxygen atoms in total. The summed E-state index contributed by atoms with van der Waals surface area (Å²) >= 11 is 0. The maximum atomic E-state index is 8.81. The normalized spacial score (nSPS) is 10.2. The van der Waals surface area contributed by atoms with Crippen molar-refractivity contribution >= 4 is 71.4 Å².